The summed E-state index contributed by atoms with van der Waals surface area (Å²) < 4.78 is 30.6. The van der Waals surface area contributed by atoms with Gasteiger partial charge in [-0.25, -0.2) is 23.4 Å². The topological polar surface area (TPSA) is 63.8 Å². The lowest BCUT2D eigenvalue weighted by molar-refractivity contribution is -0.0112. The van der Waals surface area contributed by atoms with Gasteiger partial charge in [-0.2, -0.15) is 5.10 Å². The highest BCUT2D eigenvalue weighted by atomic mass is 32.2. The molecule has 0 saturated heterocycles. The predicted molar refractivity (Wildman–Crippen MR) is 110 cm³/mol. The monoisotopic (exact) mass is 432 g/mol. The zero-order valence-electron chi connectivity index (χ0n) is 15.7. The smallest absolute Gasteiger partial charge is 0.137 e. The summed E-state index contributed by atoms with van der Waals surface area (Å²) in [5.41, 5.74) is -0.898. The molecule has 0 saturated carbocycles. The van der Waals surface area contributed by atoms with Crippen molar-refractivity contribution in [2.45, 2.75) is 29.9 Å². The summed E-state index contributed by atoms with van der Waals surface area (Å²) in [7, 11) is 0. The molecule has 2 heterocycles. The van der Waals surface area contributed by atoms with Gasteiger partial charge in [0.15, 0.2) is 0 Å². The fourth-order valence-electron chi connectivity index (χ4n) is 3.30. The molecule has 0 aliphatic heterocycles. The third-order valence-corrected chi connectivity index (χ3v) is 6.89. The van der Waals surface area contributed by atoms with Gasteiger partial charge in [0.25, 0.3) is 0 Å². The van der Waals surface area contributed by atoms with Gasteiger partial charge in [-0.3, -0.25) is 0 Å². The van der Waals surface area contributed by atoms with Crippen molar-refractivity contribution in [3.63, 3.8) is 0 Å². The van der Waals surface area contributed by atoms with Crippen molar-refractivity contribution in [2.75, 3.05) is 6.26 Å². The minimum atomic E-state index is -1.71. The number of fused-ring (bicyclic) bond motifs is 1. The molecule has 0 amide bonds. The van der Waals surface area contributed by atoms with Gasteiger partial charge in [-0.15, -0.1) is 23.1 Å². The quantitative estimate of drug-likeness (QED) is 0.452. The van der Waals surface area contributed by atoms with Crippen LogP contribution in [-0.2, 0) is 12.1 Å². The second-order valence-electron chi connectivity index (χ2n) is 6.75. The van der Waals surface area contributed by atoms with Gasteiger partial charge in [0.05, 0.1) is 21.8 Å². The van der Waals surface area contributed by atoms with Crippen LogP contribution in [0.1, 0.15) is 23.4 Å². The maximum Gasteiger partial charge on any atom is 0.137 e. The number of halogens is 2. The van der Waals surface area contributed by atoms with Gasteiger partial charge in [0.1, 0.15) is 29.9 Å². The maximum absolute atomic E-state index is 14.7. The predicted octanol–water partition coefficient (Wildman–Crippen LogP) is 4.58. The van der Waals surface area contributed by atoms with E-state index in [-0.39, 0.29) is 12.1 Å². The fourth-order valence-corrected chi connectivity index (χ4v) is 4.96. The Hall–Kier alpha value is -2.36. The summed E-state index contributed by atoms with van der Waals surface area (Å²) in [6.07, 6.45) is 4.79. The second kappa shape index (κ2) is 7.81. The molecular formula is C20H18F2N4OS2. The van der Waals surface area contributed by atoms with Crippen LogP contribution in [-0.4, -0.2) is 31.1 Å². The zero-order valence-corrected chi connectivity index (χ0v) is 17.3. The summed E-state index contributed by atoms with van der Waals surface area (Å²) in [4.78, 5) is 9.67. The zero-order chi connectivity index (χ0) is 20.6. The molecule has 4 rings (SSSR count). The molecule has 2 unspecified atom stereocenters. The highest BCUT2D eigenvalue weighted by Gasteiger charge is 2.41. The number of aliphatic hydroxyl groups is 1. The number of nitrogens with zero attached hydrogens (tertiary/aromatic N) is 4. The van der Waals surface area contributed by atoms with Crippen LogP contribution in [0.5, 0.6) is 0 Å². The largest absolute Gasteiger partial charge is 0.382 e. The molecule has 0 aliphatic rings. The molecule has 2 aromatic carbocycles. The van der Waals surface area contributed by atoms with Crippen LogP contribution in [0, 0.1) is 11.6 Å². The van der Waals surface area contributed by atoms with Crippen LogP contribution in [0.3, 0.4) is 0 Å². The molecule has 9 heteroatoms. The van der Waals surface area contributed by atoms with E-state index in [1.54, 1.807) is 18.7 Å². The van der Waals surface area contributed by atoms with Crippen molar-refractivity contribution in [1.82, 2.24) is 19.7 Å². The molecule has 2 atom stereocenters. The number of aromatic nitrogens is 4. The van der Waals surface area contributed by atoms with E-state index in [0.717, 1.165) is 27.2 Å². The molecule has 0 radical (unpaired) electrons. The van der Waals surface area contributed by atoms with Gasteiger partial charge in [-0.1, -0.05) is 13.0 Å². The van der Waals surface area contributed by atoms with E-state index in [0.29, 0.717) is 5.01 Å². The normalized spacial score (nSPS) is 14.8. The van der Waals surface area contributed by atoms with Crippen molar-refractivity contribution >= 4 is 33.3 Å². The molecule has 5 nitrogen and oxygen atoms in total. The van der Waals surface area contributed by atoms with Crippen LogP contribution < -0.4 is 0 Å². The molecule has 4 aromatic rings. The lowest BCUT2D eigenvalue weighted by Crippen LogP contribution is -2.38. The minimum Gasteiger partial charge on any atom is -0.382 e. The Kier molecular flexibility index (Phi) is 5.37. The van der Waals surface area contributed by atoms with E-state index in [9.17, 15) is 13.9 Å². The Bertz CT molecular complexity index is 1150. The average Bonchev–Trinajstić information content (AvgIpc) is 3.35. The third-order valence-electron chi connectivity index (χ3n) is 4.97. The van der Waals surface area contributed by atoms with E-state index < -0.39 is 23.2 Å². The lowest BCUT2D eigenvalue weighted by atomic mass is 9.82. The molecule has 2 aromatic heterocycles. The molecule has 0 spiro atoms. The van der Waals surface area contributed by atoms with Crippen LogP contribution in [0.2, 0.25) is 0 Å². The number of hydrogen-bond donors (Lipinski definition) is 1. The standard InChI is InChI=1S/C20H18F2N4OS2/c1-12(19-25-17-6-4-14(28-2)8-18(17)29-19)20(27,9-26-11-23-10-24-26)15-5-3-13(21)7-16(15)22/h3-8,10-12,27H,9H2,1-2H3. The van der Waals surface area contributed by atoms with Crippen LogP contribution in [0.15, 0.2) is 53.9 Å². The summed E-state index contributed by atoms with van der Waals surface area (Å²) in [6.45, 7) is 1.73. The van der Waals surface area contributed by atoms with E-state index in [1.807, 2.05) is 24.5 Å². The Morgan fingerprint density at radius 3 is 2.76 bits per heavy atom. The van der Waals surface area contributed by atoms with Gasteiger partial charge < -0.3 is 5.11 Å². The van der Waals surface area contributed by atoms with Gasteiger partial charge in [-0.05, 0) is 30.5 Å². The summed E-state index contributed by atoms with van der Waals surface area (Å²) in [5, 5.41) is 16.4. The van der Waals surface area contributed by atoms with E-state index >= 15 is 0 Å². The molecule has 29 heavy (non-hydrogen) atoms. The highest BCUT2D eigenvalue weighted by Crippen LogP contribution is 2.42. The van der Waals surface area contributed by atoms with Crippen LogP contribution in [0.4, 0.5) is 8.78 Å². The minimum absolute atomic E-state index is 0.00837. The average molecular weight is 433 g/mol. The third kappa shape index (κ3) is 3.77. The Labute approximate surface area is 174 Å². The van der Waals surface area contributed by atoms with Gasteiger partial charge in [0, 0.05) is 22.4 Å². The van der Waals surface area contributed by atoms with Crippen LogP contribution >= 0.6 is 23.1 Å². The number of hydrogen-bond acceptors (Lipinski definition) is 6. The van der Waals surface area contributed by atoms with Crippen molar-refractivity contribution < 1.29 is 13.9 Å². The number of thiazole rings is 1. The van der Waals surface area contributed by atoms with Crippen molar-refractivity contribution in [3.8, 4) is 0 Å². The SMILES string of the molecule is CSc1ccc2nc(C(C)C(O)(Cn3cncn3)c3ccc(F)cc3F)sc2c1. The molecule has 0 fully saturated rings. The molecule has 1 N–H and O–H groups in total. The Morgan fingerprint density at radius 1 is 1.24 bits per heavy atom. The molecule has 0 bridgehead atoms. The van der Waals surface area contributed by atoms with Gasteiger partial charge >= 0.3 is 0 Å². The number of thioether (sulfide) groups is 1. The van der Waals surface area contributed by atoms with Crippen molar-refractivity contribution in [3.05, 3.63) is 71.3 Å². The lowest BCUT2D eigenvalue weighted by Gasteiger charge is -2.33. The van der Waals surface area contributed by atoms with E-state index in [2.05, 4.69) is 15.1 Å². The second-order valence-corrected chi connectivity index (χ2v) is 8.69. The maximum atomic E-state index is 14.7. The summed E-state index contributed by atoms with van der Waals surface area (Å²) in [5.74, 6) is -2.10. The molecular weight excluding hydrogens is 414 g/mol. The highest BCUT2D eigenvalue weighted by molar-refractivity contribution is 7.98. The fraction of sp³-hybridized carbons (Fsp3) is 0.250. The first kappa shape index (κ1) is 19.9. The summed E-state index contributed by atoms with van der Waals surface area (Å²) in [6, 6.07) is 9.16. The number of benzene rings is 2. The Morgan fingerprint density at radius 2 is 2.07 bits per heavy atom. The van der Waals surface area contributed by atoms with Crippen LogP contribution in [0.25, 0.3) is 10.2 Å². The van der Waals surface area contributed by atoms with E-state index in [4.69, 9.17) is 0 Å². The first-order chi connectivity index (χ1) is 13.9. The summed E-state index contributed by atoms with van der Waals surface area (Å²) >= 11 is 3.09. The first-order valence-corrected chi connectivity index (χ1v) is 10.9. The molecule has 150 valence electrons. The number of rotatable bonds is 6. The van der Waals surface area contributed by atoms with Crippen molar-refractivity contribution in [1.29, 1.82) is 0 Å². The van der Waals surface area contributed by atoms with Gasteiger partial charge in [0.2, 0.25) is 0 Å². The first-order valence-electron chi connectivity index (χ1n) is 8.85. The Balaban J connectivity index is 1.81. The molecule has 0 aliphatic carbocycles. The van der Waals surface area contributed by atoms with Crippen molar-refractivity contribution in [2.24, 2.45) is 0 Å². The van der Waals surface area contributed by atoms with E-state index in [1.165, 1.54) is 34.7 Å².